The summed E-state index contributed by atoms with van der Waals surface area (Å²) >= 11 is 6.18. The number of hydrogen-bond acceptors (Lipinski definition) is 3. The average molecular weight is 304 g/mol. The summed E-state index contributed by atoms with van der Waals surface area (Å²) in [6, 6.07) is 6.97. The largest absolute Gasteiger partial charge is 0.398 e. The predicted octanol–water partition coefficient (Wildman–Crippen LogP) is 4.38. The lowest BCUT2D eigenvalue weighted by atomic mass is 10.3. The maximum absolute atomic E-state index is 13.3. The van der Waals surface area contributed by atoms with Crippen LogP contribution in [-0.4, -0.2) is 0 Å². The molecule has 0 radical (unpaired) electrons. The summed E-state index contributed by atoms with van der Waals surface area (Å²) in [5.41, 5.74) is 6.38. The van der Waals surface area contributed by atoms with Crippen molar-refractivity contribution in [3.05, 3.63) is 39.9 Å². The minimum Gasteiger partial charge on any atom is -0.398 e. The summed E-state index contributed by atoms with van der Waals surface area (Å²) in [5, 5.41) is 1.98. The van der Waals surface area contributed by atoms with Gasteiger partial charge in [0, 0.05) is 10.6 Å². The highest BCUT2D eigenvalue weighted by Crippen LogP contribution is 2.36. The van der Waals surface area contributed by atoms with Gasteiger partial charge in [-0.1, -0.05) is 17.8 Å². The monoisotopic (exact) mass is 303 g/mol. The average Bonchev–Trinajstić information content (AvgIpc) is 2.67. The molecule has 0 amide bonds. The Morgan fingerprint density at radius 1 is 1.40 bits per heavy atom. The van der Waals surface area contributed by atoms with Crippen molar-refractivity contribution in [3.63, 3.8) is 0 Å². The molecule has 78 valence electrons. The van der Waals surface area contributed by atoms with E-state index >= 15 is 0 Å². The van der Waals surface area contributed by atoms with Crippen molar-refractivity contribution < 1.29 is 4.39 Å². The van der Waals surface area contributed by atoms with E-state index in [0.29, 0.717) is 10.2 Å². The first-order chi connectivity index (χ1) is 7.16. The summed E-state index contributed by atoms with van der Waals surface area (Å²) in [5.74, 6) is -0.289. The van der Waals surface area contributed by atoms with Crippen LogP contribution in [0.3, 0.4) is 0 Å². The van der Waals surface area contributed by atoms with E-state index in [1.54, 1.807) is 17.4 Å². The van der Waals surface area contributed by atoms with Gasteiger partial charge in [0.15, 0.2) is 0 Å². The van der Waals surface area contributed by atoms with Gasteiger partial charge in [-0.25, -0.2) is 4.39 Å². The fourth-order valence-electron chi connectivity index (χ4n) is 1.06. The van der Waals surface area contributed by atoms with Crippen molar-refractivity contribution in [1.82, 2.24) is 0 Å². The van der Waals surface area contributed by atoms with E-state index in [1.807, 2.05) is 17.5 Å². The van der Waals surface area contributed by atoms with E-state index in [4.69, 9.17) is 5.73 Å². The standard InChI is InChI=1S/C10H7BrFNS2/c11-6-4-8(13)9(5-7(6)12)15-10-2-1-3-14-10/h1-5H,13H2. The Morgan fingerprint density at radius 2 is 2.20 bits per heavy atom. The predicted molar refractivity (Wildman–Crippen MR) is 67.0 cm³/mol. The van der Waals surface area contributed by atoms with E-state index in [9.17, 15) is 4.39 Å². The second kappa shape index (κ2) is 4.55. The minimum atomic E-state index is -0.289. The molecule has 0 saturated heterocycles. The molecule has 2 rings (SSSR count). The molecule has 0 unspecified atom stereocenters. The molecule has 0 saturated carbocycles. The first-order valence-corrected chi connectivity index (χ1v) is 6.61. The zero-order chi connectivity index (χ0) is 10.8. The van der Waals surface area contributed by atoms with Crippen molar-refractivity contribution in [2.75, 3.05) is 5.73 Å². The number of nitrogen functional groups attached to an aromatic ring is 1. The van der Waals surface area contributed by atoms with Crippen molar-refractivity contribution in [2.45, 2.75) is 9.10 Å². The third-order valence-electron chi connectivity index (χ3n) is 1.76. The van der Waals surface area contributed by atoms with Crippen LogP contribution in [0, 0.1) is 5.82 Å². The van der Waals surface area contributed by atoms with E-state index in [-0.39, 0.29) is 5.82 Å². The summed E-state index contributed by atoms with van der Waals surface area (Å²) in [6.07, 6.45) is 0. The number of rotatable bonds is 2. The molecule has 0 aliphatic rings. The van der Waals surface area contributed by atoms with Gasteiger partial charge in [0.05, 0.1) is 8.68 Å². The van der Waals surface area contributed by atoms with Crippen LogP contribution in [0.1, 0.15) is 0 Å². The molecule has 0 bridgehead atoms. The van der Waals surface area contributed by atoms with Crippen molar-refractivity contribution in [2.24, 2.45) is 0 Å². The molecule has 2 aromatic rings. The van der Waals surface area contributed by atoms with Gasteiger partial charge in [-0.2, -0.15) is 0 Å². The van der Waals surface area contributed by atoms with Crippen LogP contribution in [0.4, 0.5) is 10.1 Å². The van der Waals surface area contributed by atoms with Gasteiger partial charge < -0.3 is 5.73 Å². The molecule has 1 aromatic carbocycles. The first kappa shape index (κ1) is 11.0. The third-order valence-corrected chi connectivity index (χ3v) is 4.48. The van der Waals surface area contributed by atoms with Crippen LogP contribution in [-0.2, 0) is 0 Å². The third kappa shape index (κ3) is 2.53. The molecule has 0 atom stereocenters. The minimum absolute atomic E-state index is 0.289. The number of nitrogens with two attached hydrogens (primary N) is 1. The molecule has 1 aromatic heterocycles. The van der Waals surface area contributed by atoms with Gasteiger partial charge in [-0.15, -0.1) is 11.3 Å². The number of thiophene rings is 1. The molecule has 2 N–H and O–H groups in total. The van der Waals surface area contributed by atoms with Crippen LogP contribution in [0.5, 0.6) is 0 Å². The molecular formula is C10H7BrFNS2. The lowest BCUT2D eigenvalue weighted by Crippen LogP contribution is -1.90. The Bertz CT molecular complexity index is 471. The topological polar surface area (TPSA) is 26.0 Å². The number of benzene rings is 1. The van der Waals surface area contributed by atoms with Crippen molar-refractivity contribution in [3.8, 4) is 0 Å². The molecule has 1 nitrogen and oxygen atoms in total. The van der Waals surface area contributed by atoms with Gasteiger partial charge in [0.25, 0.3) is 0 Å². The van der Waals surface area contributed by atoms with Crippen LogP contribution >= 0.6 is 39.0 Å². The highest BCUT2D eigenvalue weighted by molar-refractivity contribution is 9.10. The molecule has 0 aliphatic heterocycles. The Kier molecular flexibility index (Phi) is 3.33. The maximum atomic E-state index is 13.3. The Balaban J connectivity index is 2.33. The Morgan fingerprint density at radius 3 is 2.87 bits per heavy atom. The number of anilines is 1. The molecule has 0 aliphatic carbocycles. The van der Waals surface area contributed by atoms with Crippen LogP contribution < -0.4 is 5.73 Å². The number of halogens is 2. The van der Waals surface area contributed by atoms with E-state index in [2.05, 4.69) is 15.9 Å². The van der Waals surface area contributed by atoms with Crippen molar-refractivity contribution in [1.29, 1.82) is 0 Å². The van der Waals surface area contributed by atoms with Gasteiger partial charge in [-0.05, 0) is 39.5 Å². The number of hydrogen-bond donors (Lipinski definition) is 1. The zero-order valence-corrected chi connectivity index (χ0v) is 10.8. The molecule has 15 heavy (non-hydrogen) atoms. The molecule has 1 heterocycles. The summed E-state index contributed by atoms with van der Waals surface area (Å²) in [6.45, 7) is 0. The lowest BCUT2D eigenvalue weighted by Gasteiger charge is -2.05. The van der Waals surface area contributed by atoms with Crippen LogP contribution in [0.2, 0.25) is 0 Å². The van der Waals surface area contributed by atoms with Gasteiger partial charge in [0.1, 0.15) is 5.82 Å². The summed E-state index contributed by atoms with van der Waals surface area (Å²) < 4.78 is 14.8. The van der Waals surface area contributed by atoms with Gasteiger partial charge in [0.2, 0.25) is 0 Å². The first-order valence-electron chi connectivity index (χ1n) is 4.12. The zero-order valence-electron chi connectivity index (χ0n) is 7.54. The summed E-state index contributed by atoms with van der Waals surface area (Å²) in [7, 11) is 0. The Hall–Kier alpha value is -0.520. The SMILES string of the molecule is Nc1cc(Br)c(F)cc1Sc1cccs1. The van der Waals surface area contributed by atoms with Gasteiger partial charge >= 0.3 is 0 Å². The van der Waals surface area contributed by atoms with E-state index in [1.165, 1.54) is 17.8 Å². The second-order valence-electron chi connectivity index (χ2n) is 2.84. The lowest BCUT2D eigenvalue weighted by molar-refractivity contribution is 0.618. The molecular weight excluding hydrogens is 297 g/mol. The second-order valence-corrected chi connectivity index (χ2v) is 5.98. The molecule has 0 spiro atoms. The fraction of sp³-hybridized carbons (Fsp3) is 0. The molecule has 0 fully saturated rings. The fourth-order valence-corrected chi connectivity index (χ4v) is 3.20. The molecule has 5 heteroatoms. The Labute approximate surface area is 104 Å². The van der Waals surface area contributed by atoms with Crippen LogP contribution in [0.25, 0.3) is 0 Å². The highest BCUT2D eigenvalue weighted by Gasteiger charge is 2.07. The van der Waals surface area contributed by atoms with Crippen LogP contribution in [0.15, 0.2) is 43.2 Å². The quantitative estimate of drug-likeness (QED) is 0.833. The van der Waals surface area contributed by atoms with E-state index in [0.717, 1.165) is 9.10 Å². The van der Waals surface area contributed by atoms with Gasteiger partial charge in [-0.3, -0.25) is 0 Å². The van der Waals surface area contributed by atoms with E-state index < -0.39 is 0 Å². The summed E-state index contributed by atoms with van der Waals surface area (Å²) in [4.78, 5) is 0.748. The smallest absolute Gasteiger partial charge is 0.138 e. The highest BCUT2D eigenvalue weighted by atomic mass is 79.9. The van der Waals surface area contributed by atoms with Crippen molar-refractivity contribution >= 4 is 44.7 Å². The normalized spacial score (nSPS) is 10.5. The maximum Gasteiger partial charge on any atom is 0.138 e.